The van der Waals surface area contributed by atoms with E-state index in [0.29, 0.717) is 38.4 Å². The van der Waals surface area contributed by atoms with E-state index in [1.165, 1.54) is 0 Å². The Hall–Kier alpha value is -2.71. The number of nitrogens with zero attached hydrogens (tertiary/aromatic N) is 5. The second-order valence-electron chi connectivity index (χ2n) is 13.4. The molecule has 4 aliphatic heterocycles. The number of aldehydes is 1. The molecule has 260 valence electrons. The lowest BCUT2D eigenvalue weighted by atomic mass is 9.85. The maximum absolute atomic E-state index is 14.0. The fourth-order valence-corrected chi connectivity index (χ4v) is 8.65. The van der Waals surface area contributed by atoms with Gasteiger partial charge in [0.05, 0.1) is 7.11 Å². The summed E-state index contributed by atoms with van der Waals surface area (Å²) in [5.74, 6) is 0.753. The van der Waals surface area contributed by atoms with E-state index in [-0.39, 0.29) is 25.1 Å². The van der Waals surface area contributed by atoms with Gasteiger partial charge in [-0.15, -0.1) is 0 Å². The van der Waals surface area contributed by atoms with Crippen LogP contribution in [0.5, 0.6) is 5.75 Å². The van der Waals surface area contributed by atoms with Crippen LogP contribution in [0.15, 0.2) is 45.3 Å². The molecule has 6 rings (SSSR count). The van der Waals surface area contributed by atoms with E-state index in [0.717, 1.165) is 89.9 Å². The van der Waals surface area contributed by atoms with Gasteiger partial charge in [0.2, 0.25) is 0 Å². The summed E-state index contributed by atoms with van der Waals surface area (Å²) in [6, 6.07) is 11.7. The van der Waals surface area contributed by atoms with E-state index in [4.69, 9.17) is 9.47 Å². The molecule has 0 aromatic heterocycles. The smallest absolute Gasteiger partial charge is 0.411 e. The van der Waals surface area contributed by atoms with Gasteiger partial charge in [-0.1, -0.05) is 6.07 Å². The van der Waals surface area contributed by atoms with Gasteiger partial charge >= 0.3 is 12.1 Å². The molecule has 4 heterocycles. The first kappa shape index (κ1) is 35.1. The molecule has 2 aromatic carbocycles. The third kappa shape index (κ3) is 7.55. The maximum Gasteiger partial charge on any atom is 0.411 e. The van der Waals surface area contributed by atoms with Crippen molar-refractivity contribution < 1.29 is 23.9 Å². The molecule has 1 N–H and O–H groups in total. The summed E-state index contributed by atoms with van der Waals surface area (Å²) in [6.07, 6.45) is 4.67. The van der Waals surface area contributed by atoms with Crippen LogP contribution in [-0.4, -0.2) is 127 Å². The SMILES string of the molecule is COc1ccc2c(c1)CCN([C@@H]1CCN(C(=O)OCc3ccc(Br)c(Br)c3)[C@](CC=O)(N3CCN(C4CCN(C)CC4)CC3)C1)C(=O)N2. The minimum atomic E-state index is -0.913. The Kier molecular flexibility index (Phi) is 11.3. The molecule has 0 saturated carbocycles. The lowest BCUT2D eigenvalue weighted by Gasteiger charge is -2.57. The van der Waals surface area contributed by atoms with Crippen molar-refractivity contribution in [2.24, 2.45) is 0 Å². The number of amides is 3. The van der Waals surface area contributed by atoms with Crippen LogP contribution in [0.4, 0.5) is 15.3 Å². The molecule has 0 unspecified atom stereocenters. The molecule has 3 amide bonds. The number of nitrogens with one attached hydrogen (secondary N) is 1. The molecule has 0 bridgehead atoms. The van der Waals surface area contributed by atoms with Crippen molar-refractivity contribution in [3.8, 4) is 5.75 Å². The zero-order valence-electron chi connectivity index (χ0n) is 27.8. The van der Waals surface area contributed by atoms with Gasteiger partial charge in [-0.3, -0.25) is 14.7 Å². The maximum atomic E-state index is 14.0. The van der Waals surface area contributed by atoms with Crippen molar-refractivity contribution in [1.29, 1.82) is 0 Å². The number of hydrogen-bond acceptors (Lipinski definition) is 8. The highest BCUT2D eigenvalue weighted by Gasteiger charge is 2.52. The van der Waals surface area contributed by atoms with Gasteiger partial charge in [0, 0.05) is 78.8 Å². The summed E-state index contributed by atoms with van der Waals surface area (Å²) in [4.78, 5) is 51.3. The monoisotopic (exact) mass is 788 g/mol. The molecule has 2 aromatic rings. The van der Waals surface area contributed by atoms with E-state index in [9.17, 15) is 14.4 Å². The summed E-state index contributed by atoms with van der Waals surface area (Å²) in [5, 5.41) is 3.11. The van der Waals surface area contributed by atoms with Crippen molar-refractivity contribution in [2.75, 3.05) is 71.8 Å². The van der Waals surface area contributed by atoms with Crippen LogP contribution in [0.25, 0.3) is 0 Å². The summed E-state index contributed by atoms with van der Waals surface area (Å²) >= 11 is 7.03. The number of rotatable bonds is 8. The Balaban J connectivity index is 1.23. The third-order valence-corrected chi connectivity index (χ3v) is 12.6. The van der Waals surface area contributed by atoms with E-state index >= 15 is 0 Å². The molecular weight excluding hydrogens is 744 g/mol. The number of benzene rings is 2. The van der Waals surface area contributed by atoms with Gasteiger partial charge < -0.3 is 29.4 Å². The number of methoxy groups -OCH3 is 1. The summed E-state index contributed by atoms with van der Waals surface area (Å²) in [7, 11) is 3.82. The zero-order chi connectivity index (χ0) is 33.8. The first-order valence-corrected chi connectivity index (χ1v) is 18.5. The highest BCUT2D eigenvalue weighted by Crippen LogP contribution is 2.39. The second kappa shape index (κ2) is 15.5. The quantitative estimate of drug-likeness (QED) is 0.355. The topological polar surface area (TPSA) is 97.9 Å². The highest BCUT2D eigenvalue weighted by molar-refractivity contribution is 9.13. The summed E-state index contributed by atoms with van der Waals surface area (Å²) in [5.41, 5.74) is 1.75. The number of carbonyl (C=O) groups excluding carboxylic acids is 3. The first-order chi connectivity index (χ1) is 23.2. The van der Waals surface area contributed by atoms with Gasteiger partial charge in [-0.2, -0.15) is 0 Å². The van der Waals surface area contributed by atoms with Crippen molar-refractivity contribution in [2.45, 2.75) is 62.9 Å². The van der Waals surface area contributed by atoms with Gasteiger partial charge in [0.1, 0.15) is 24.3 Å². The van der Waals surface area contributed by atoms with E-state index in [2.05, 4.69) is 58.9 Å². The number of urea groups is 1. The fourth-order valence-electron chi connectivity index (χ4n) is 7.98. The van der Waals surface area contributed by atoms with Crippen LogP contribution < -0.4 is 10.1 Å². The number of piperazine rings is 1. The average Bonchev–Trinajstić information content (AvgIpc) is 3.26. The minimum absolute atomic E-state index is 0.113. The highest BCUT2D eigenvalue weighted by atomic mass is 79.9. The molecule has 11 nitrogen and oxygen atoms in total. The van der Waals surface area contributed by atoms with Gasteiger partial charge in [-0.05, 0) is 119 Å². The predicted molar refractivity (Wildman–Crippen MR) is 191 cm³/mol. The number of piperidine rings is 2. The number of halogens is 2. The number of ether oxygens (including phenoxy) is 2. The van der Waals surface area contributed by atoms with E-state index in [1.54, 1.807) is 12.0 Å². The minimum Gasteiger partial charge on any atom is -0.497 e. The van der Waals surface area contributed by atoms with E-state index in [1.807, 2.05) is 41.3 Å². The van der Waals surface area contributed by atoms with Crippen molar-refractivity contribution in [3.63, 3.8) is 0 Å². The number of fused-ring (bicyclic) bond motifs is 1. The lowest BCUT2D eigenvalue weighted by molar-refractivity contribution is -0.130. The normalized spacial score (nSPS) is 24.8. The third-order valence-electron chi connectivity index (χ3n) is 10.7. The Morgan fingerprint density at radius 2 is 1.71 bits per heavy atom. The molecule has 2 atom stereocenters. The lowest BCUT2D eigenvalue weighted by Crippen LogP contribution is -2.71. The molecule has 0 aliphatic carbocycles. The van der Waals surface area contributed by atoms with Gasteiger partial charge in [0.25, 0.3) is 0 Å². The summed E-state index contributed by atoms with van der Waals surface area (Å²) < 4.78 is 13.2. The van der Waals surface area contributed by atoms with Crippen LogP contribution in [0.2, 0.25) is 0 Å². The Bertz CT molecular complexity index is 1480. The largest absolute Gasteiger partial charge is 0.497 e. The standard InChI is InChI=1S/C35H46Br2N6O5/c1-39-12-8-27(9-13-39)40-16-18-41(19-17-40)35(11-20-44)23-28(42-14-7-26-22-29(47-2)4-6-32(26)38-33(42)45)10-15-43(35)34(46)48-24-25-3-5-30(36)31(37)21-25/h3-6,20-22,27-28H,7-19,23-24H2,1-2H3,(H,38,45)/t28-,35+/m1/s1. The van der Waals surface area contributed by atoms with Crippen molar-refractivity contribution in [3.05, 3.63) is 56.5 Å². The molecular formula is C35H46Br2N6O5. The molecule has 0 spiro atoms. The zero-order valence-corrected chi connectivity index (χ0v) is 31.0. The second-order valence-corrected chi connectivity index (χ2v) is 15.1. The molecule has 13 heteroatoms. The number of anilines is 1. The molecule has 4 aliphatic rings. The number of likely N-dealkylation sites (tertiary alicyclic amines) is 2. The fraction of sp³-hybridized carbons (Fsp3) is 0.571. The number of carbonyl (C=O) groups is 3. The van der Waals surface area contributed by atoms with Gasteiger partial charge in [-0.25, -0.2) is 9.59 Å². The molecule has 3 saturated heterocycles. The molecule has 48 heavy (non-hydrogen) atoms. The van der Waals surface area contributed by atoms with Crippen LogP contribution in [-0.2, 0) is 22.6 Å². The number of hydrogen-bond donors (Lipinski definition) is 1. The van der Waals surface area contributed by atoms with Crippen LogP contribution in [0.3, 0.4) is 0 Å². The predicted octanol–water partition coefficient (Wildman–Crippen LogP) is 5.41. The van der Waals surface area contributed by atoms with E-state index < -0.39 is 11.8 Å². The molecule has 3 fully saturated rings. The Morgan fingerprint density at radius 1 is 0.958 bits per heavy atom. The van der Waals surface area contributed by atoms with Crippen LogP contribution in [0, 0.1) is 0 Å². The van der Waals surface area contributed by atoms with Crippen LogP contribution >= 0.6 is 31.9 Å². The van der Waals surface area contributed by atoms with Crippen molar-refractivity contribution >= 4 is 56.0 Å². The first-order valence-electron chi connectivity index (χ1n) is 16.9. The van der Waals surface area contributed by atoms with Gasteiger partial charge in [0.15, 0.2) is 0 Å². The average molecular weight is 791 g/mol. The van der Waals surface area contributed by atoms with Crippen molar-refractivity contribution in [1.82, 2.24) is 24.5 Å². The Labute approximate surface area is 300 Å². The Morgan fingerprint density at radius 3 is 2.42 bits per heavy atom. The molecule has 0 radical (unpaired) electrons. The summed E-state index contributed by atoms with van der Waals surface area (Å²) in [6.45, 7) is 6.42. The van der Waals surface area contributed by atoms with Crippen LogP contribution in [0.1, 0.15) is 43.2 Å².